The van der Waals surface area contributed by atoms with Crippen LogP contribution in [-0.4, -0.2) is 57.1 Å². The highest BCUT2D eigenvalue weighted by atomic mass is 32.2. The van der Waals surface area contributed by atoms with Crippen LogP contribution in [0.4, 0.5) is 5.69 Å². The number of nitrogens with zero attached hydrogens (tertiary/aromatic N) is 1. The highest BCUT2D eigenvalue weighted by Gasteiger charge is 2.56. The van der Waals surface area contributed by atoms with Crippen molar-refractivity contribution in [2.24, 2.45) is 5.92 Å². The summed E-state index contributed by atoms with van der Waals surface area (Å²) in [6.45, 7) is 1.01. The van der Waals surface area contributed by atoms with Crippen LogP contribution in [0.25, 0.3) is 0 Å². The second kappa shape index (κ2) is 9.87. The van der Waals surface area contributed by atoms with Crippen LogP contribution >= 0.6 is 23.1 Å². The predicted molar refractivity (Wildman–Crippen MR) is 136 cm³/mol. The molecular formula is C25H21N3O7S2. The third-order valence-corrected chi connectivity index (χ3v) is 8.52. The number of thiazole rings is 1. The molecule has 3 amide bonds. The number of carboxylic acids is 1. The van der Waals surface area contributed by atoms with Crippen molar-refractivity contribution in [2.75, 3.05) is 18.5 Å². The number of aromatic amines is 1. The number of carboxylic acid groups (broad SMARTS) is 1. The van der Waals surface area contributed by atoms with Gasteiger partial charge in [-0.05, 0) is 42.3 Å². The van der Waals surface area contributed by atoms with Crippen molar-refractivity contribution in [3.63, 3.8) is 0 Å². The molecule has 2 aliphatic heterocycles. The Labute approximate surface area is 218 Å². The van der Waals surface area contributed by atoms with Crippen LogP contribution in [0, 0.1) is 12.8 Å². The van der Waals surface area contributed by atoms with Gasteiger partial charge >= 0.3 is 10.8 Å². The molecule has 5 rings (SSSR count). The number of nitrogens with one attached hydrogen (secondary N) is 2. The van der Waals surface area contributed by atoms with Gasteiger partial charge in [0, 0.05) is 16.5 Å². The van der Waals surface area contributed by atoms with Gasteiger partial charge in [-0.1, -0.05) is 47.4 Å². The topological polar surface area (TPSA) is 146 Å². The first-order chi connectivity index (χ1) is 17.7. The van der Waals surface area contributed by atoms with Crippen LogP contribution in [0.5, 0.6) is 5.75 Å². The number of benzene rings is 2. The molecule has 37 heavy (non-hydrogen) atoms. The first-order valence-corrected chi connectivity index (χ1v) is 13.0. The molecule has 2 aromatic carbocycles. The molecule has 1 saturated heterocycles. The zero-order chi connectivity index (χ0) is 26.3. The van der Waals surface area contributed by atoms with E-state index in [1.165, 1.54) is 0 Å². The molecule has 2 unspecified atom stereocenters. The largest absolute Gasteiger partial charge is 0.484 e. The van der Waals surface area contributed by atoms with Gasteiger partial charge in [0.2, 0.25) is 11.8 Å². The fourth-order valence-corrected chi connectivity index (χ4v) is 7.10. The summed E-state index contributed by atoms with van der Waals surface area (Å²) in [4.78, 5) is 65.5. The number of anilines is 1. The van der Waals surface area contributed by atoms with Crippen LogP contribution in [0.15, 0.2) is 58.4 Å². The van der Waals surface area contributed by atoms with Gasteiger partial charge < -0.3 is 20.1 Å². The first kappa shape index (κ1) is 24.8. The summed E-state index contributed by atoms with van der Waals surface area (Å²) in [5.41, 5.74) is 2.35. The van der Waals surface area contributed by atoms with E-state index in [9.17, 15) is 24.0 Å². The Bertz CT molecular complexity index is 1460. The van der Waals surface area contributed by atoms with Crippen molar-refractivity contribution < 1.29 is 29.0 Å². The second-order valence-corrected chi connectivity index (χ2v) is 10.8. The van der Waals surface area contributed by atoms with Crippen molar-refractivity contribution in [2.45, 2.75) is 23.1 Å². The molecule has 3 aromatic rings. The molecule has 0 bridgehead atoms. The Morgan fingerprint density at radius 3 is 2.57 bits per heavy atom. The zero-order valence-corrected chi connectivity index (χ0v) is 21.1. The maximum Gasteiger partial charge on any atom is 0.323 e. The fraction of sp³-hybridized carbons (Fsp3) is 0.240. The van der Waals surface area contributed by atoms with Gasteiger partial charge in [0.05, 0.1) is 10.9 Å². The van der Waals surface area contributed by atoms with E-state index in [0.717, 1.165) is 33.6 Å². The first-order valence-electron chi connectivity index (χ1n) is 11.3. The number of H-pyrrole nitrogens is 1. The highest BCUT2D eigenvalue weighted by Crippen LogP contribution is 2.52. The minimum Gasteiger partial charge on any atom is -0.484 e. The molecule has 3 heterocycles. The van der Waals surface area contributed by atoms with Crippen LogP contribution < -0.4 is 14.9 Å². The Morgan fingerprint density at radius 1 is 1.11 bits per heavy atom. The zero-order valence-electron chi connectivity index (χ0n) is 19.4. The summed E-state index contributed by atoms with van der Waals surface area (Å²) < 4.78 is 5.61. The third kappa shape index (κ3) is 4.89. The summed E-state index contributed by atoms with van der Waals surface area (Å²) in [6, 6.07) is 14.1. The van der Waals surface area contributed by atoms with E-state index < -0.39 is 41.4 Å². The molecule has 3 atom stereocenters. The average Bonchev–Trinajstić information content (AvgIpc) is 3.33. The summed E-state index contributed by atoms with van der Waals surface area (Å²) in [7, 11) is 0. The fourth-order valence-electron chi connectivity index (χ4n) is 4.56. The lowest BCUT2D eigenvalue weighted by molar-refractivity contribution is -0.149. The minimum absolute atomic E-state index is 0.210. The molecule has 0 spiro atoms. The summed E-state index contributed by atoms with van der Waals surface area (Å²) >= 11 is 2.05. The van der Waals surface area contributed by atoms with Crippen molar-refractivity contribution in [1.29, 1.82) is 0 Å². The van der Waals surface area contributed by atoms with E-state index in [1.807, 2.05) is 25.1 Å². The Kier molecular flexibility index (Phi) is 6.61. The number of amides is 3. The minimum atomic E-state index is -1.28. The number of aliphatic carboxylic acids is 1. The number of fused-ring (bicyclic) bond motifs is 2. The number of likely N-dealkylation sites (tertiary alicyclic amines) is 1. The number of aryl methyl sites for hydroxylation is 1. The molecule has 10 nitrogen and oxygen atoms in total. The van der Waals surface area contributed by atoms with Crippen molar-refractivity contribution in [3.05, 3.63) is 74.2 Å². The molecule has 2 aliphatic rings. The molecule has 0 saturated carbocycles. The smallest absolute Gasteiger partial charge is 0.323 e. The van der Waals surface area contributed by atoms with E-state index in [2.05, 4.69) is 10.3 Å². The Morgan fingerprint density at radius 2 is 1.86 bits per heavy atom. The standard InChI is InChI=1S/C25H21N3O7S2/c1-12-3-2-4-14(9-12)26-16(29)11-35-15-7-5-13(6-8-15)18-19-21(36-22-20(18)37-25(34)27-22)24(33)28(23(19)32)10-17(30)31/h2-9,18-19,21H,10-11H2,1H3,(H,26,29)(H,27,34)(H,30,31)/t18-,19?,21?/m1/s1. The molecule has 1 aromatic heterocycles. The van der Waals surface area contributed by atoms with E-state index in [1.54, 1.807) is 30.3 Å². The van der Waals surface area contributed by atoms with Crippen molar-refractivity contribution >= 4 is 52.5 Å². The molecule has 1 fully saturated rings. The van der Waals surface area contributed by atoms with E-state index in [4.69, 9.17) is 9.84 Å². The van der Waals surface area contributed by atoms with Gasteiger partial charge in [0.25, 0.3) is 5.91 Å². The second-order valence-electron chi connectivity index (χ2n) is 8.68. The number of ether oxygens (including phenoxy) is 1. The summed E-state index contributed by atoms with van der Waals surface area (Å²) in [6.07, 6.45) is 0. The molecule has 190 valence electrons. The van der Waals surface area contributed by atoms with E-state index in [0.29, 0.717) is 26.9 Å². The van der Waals surface area contributed by atoms with Gasteiger partial charge in [-0.25, -0.2) is 0 Å². The number of hydrogen-bond acceptors (Lipinski definition) is 8. The highest BCUT2D eigenvalue weighted by molar-refractivity contribution is 8.00. The van der Waals surface area contributed by atoms with Gasteiger partial charge in [0.1, 0.15) is 17.5 Å². The molecule has 0 aliphatic carbocycles. The van der Waals surface area contributed by atoms with Crippen LogP contribution in [0.3, 0.4) is 0 Å². The normalized spacial score (nSPS) is 20.4. The molecule has 3 N–H and O–H groups in total. The van der Waals surface area contributed by atoms with Crippen LogP contribution in [0.1, 0.15) is 21.9 Å². The predicted octanol–water partition coefficient (Wildman–Crippen LogP) is 2.44. The average molecular weight is 540 g/mol. The lowest BCUT2D eigenvalue weighted by atomic mass is 9.83. The molecule has 0 radical (unpaired) electrons. The Balaban J connectivity index is 1.35. The SMILES string of the molecule is Cc1cccc(NC(=O)COc2ccc([C@H]3c4sc(=O)[nH]c4SC4C(=O)N(CC(=O)O)C(=O)C43)cc2)c1. The maximum atomic E-state index is 13.2. The number of carbonyl (C=O) groups is 4. The molecule has 12 heteroatoms. The number of rotatable bonds is 7. The number of aromatic nitrogens is 1. The van der Waals surface area contributed by atoms with Crippen LogP contribution in [-0.2, 0) is 19.2 Å². The lowest BCUT2D eigenvalue weighted by Crippen LogP contribution is -2.36. The number of hydrogen-bond donors (Lipinski definition) is 3. The van der Waals surface area contributed by atoms with Crippen LogP contribution in [0.2, 0.25) is 0 Å². The maximum absolute atomic E-state index is 13.2. The van der Waals surface area contributed by atoms with E-state index >= 15 is 0 Å². The lowest BCUT2D eigenvalue weighted by Gasteiger charge is -2.29. The van der Waals surface area contributed by atoms with Crippen molar-refractivity contribution in [1.82, 2.24) is 9.88 Å². The van der Waals surface area contributed by atoms with Gasteiger partial charge in [-0.3, -0.25) is 28.9 Å². The van der Waals surface area contributed by atoms with Gasteiger partial charge in [-0.2, -0.15) is 0 Å². The molecular weight excluding hydrogens is 518 g/mol. The van der Waals surface area contributed by atoms with E-state index in [-0.39, 0.29) is 17.4 Å². The Hall–Kier alpha value is -3.90. The summed E-state index contributed by atoms with van der Waals surface area (Å²) in [5, 5.41) is 11.6. The number of thioether (sulfide) groups is 1. The quantitative estimate of drug-likeness (QED) is 0.388. The van der Waals surface area contributed by atoms with Gasteiger partial charge in [0.15, 0.2) is 6.61 Å². The summed E-state index contributed by atoms with van der Waals surface area (Å²) in [5.74, 6) is -3.79. The number of imide groups is 1. The third-order valence-electron chi connectivity index (χ3n) is 6.12. The van der Waals surface area contributed by atoms with Crippen molar-refractivity contribution in [3.8, 4) is 5.75 Å². The number of carbonyl (C=O) groups excluding carboxylic acids is 3. The van der Waals surface area contributed by atoms with Gasteiger partial charge in [-0.15, -0.1) is 0 Å². The monoisotopic (exact) mass is 539 g/mol.